The summed E-state index contributed by atoms with van der Waals surface area (Å²) in [4.78, 5) is 25.7. The Hall–Kier alpha value is -2.80. The van der Waals surface area contributed by atoms with Gasteiger partial charge in [0.1, 0.15) is 18.8 Å². The Balaban J connectivity index is 2.30. The third-order valence-corrected chi connectivity index (χ3v) is 6.70. The van der Waals surface area contributed by atoms with Crippen LogP contribution in [0.5, 0.6) is 0 Å². The van der Waals surface area contributed by atoms with Crippen LogP contribution in [0.4, 0.5) is 8.78 Å². The molecule has 0 bridgehead atoms. The molecule has 2 aromatic rings. The number of benzene rings is 2. The number of esters is 2. The van der Waals surface area contributed by atoms with Gasteiger partial charge in [-0.3, -0.25) is 9.59 Å². The molecule has 1 atom stereocenters. The molecule has 0 heterocycles. The Labute approximate surface area is 219 Å². The smallest absolute Gasteiger partial charge is 0.316 e. The first-order valence-corrected chi connectivity index (χ1v) is 12.6. The van der Waals surface area contributed by atoms with Crippen LogP contribution in [-0.4, -0.2) is 35.2 Å². The number of carbonyl (C=O) groups is 2. The summed E-state index contributed by atoms with van der Waals surface area (Å²) >= 11 is 0. The molecule has 37 heavy (non-hydrogen) atoms. The summed E-state index contributed by atoms with van der Waals surface area (Å²) in [5.41, 5.74) is -1.09. The van der Waals surface area contributed by atoms with Crippen LogP contribution in [0.1, 0.15) is 77.5 Å². The van der Waals surface area contributed by atoms with Crippen molar-refractivity contribution in [2.24, 2.45) is 5.41 Å². The molecule has 0 aliphatic heterocycles. The SMILES string of the molecule is CC(C)(C)OC(=O)CCc1cccc(C(C)(CCC(C)(C)C(F)(F)CO)C(=O)OCc2ccccc2)c1. The van der Waals surface area contributed by atoms with Gasteiger partial charge < -0.3 is 14.6 Å². The van der Waals surface area contributed by atoms with Crippen molar-refractivity contribution in [2.45, 2.75) is 90.8 Å². The minimum Gasteiger partial charge on any atom is -0.460 e. The van der Waals surface area contributed by atoms with E-state index in [0.29, 0.717) is 12.0 Å². The van der Waals surface area contributed by atoms with E-state index in [0.717, 1.165) is 11.1 Å². The lowest BCUT2D eigenvalue weighted by atomic mass is 9.71. The third kappa shape index (κ3) is 8.63. The van der Waals surface area contributed by atoms with E-state index >= 15 is 0 Å². The predicted octanol–water partition coefficient (Wildman–Crippen LogP) is 6.40. The van der Waals surface area contributed by atoms with E-state index < -0.39 is 34.9 Å². The zero-order valence-corrected chi connectivity index (χ0v) is 22.8. The molecule has 1 N–H and O–H groups in total. The second kappa shape index (κ2) is 12.2. The molecule has 2 aromatic carbocycles. The quantitative estimate of drug-likeness (QED) is 0.329. The highest BCUT2D eigenvalue weighted by Gasteiger charge is 2.48. The van der Waals surface area contributed by atoms with E-state index in [1.165, 1.54) is 13.8 Å². The number of ether oxygens (including phenoxy) is 2. The molecular formula is C30H40F2O5. The molecule has 0 radical (unpaired) electrons. The first kappa shape index (κ1) is 30.4. The monoisotopic (exact) mass is 518 g/mol. The van der Waals surface area contributed by atoms with Crippen LogP contribution in [0.2, 0.25) is 0 Å². The molecule has 0 fully saturated rings. The van der Waals surface area contributed by atoms with Crippen molar-refractivity contribution in [1.29, 1.82) is 0 Å². The standard InChI is InChI=1S/C30H40F2O5/c1-27(2,3)37-25(34)16-15-22-13-10-14-24(19-22)29(6,18-17-28(4,5)30(31,32)21-33)26(35)36-20-23-11-8-7-9-12-23/h7-14,19,33H,15-18,20-21H2,1-6H3. The van der Waals surface area contributed by atoms with Crippen molar-refractivity contribution in [3.63, 3.8) is 0 Å². The van der Waals surface area contributed by atoms with Gasteiger partial charge in [-0.15, -0.1) is 0 Å². The zero-order valence-electron chi connectivity index (χ0n) is 22.8. The fourth-order valence-electron chi connectivity index (χ4n) is 3.92. The van der Waals surface area contributed by atoms with Gasteiger partial charge in [0, 0.05) is 11.8 Å². The zero-order chi connectivity index (χ0) is 27.9. The van der Waals surface area contributed by atoms with Gasteiger partial charge in [-0.1, -0.05) is 68.4 Å². The van der Waals surface area contributed by atoms with E-state index in [1.54, 1.807) is 39.8 Å². The summed E-state index contributed by atoms with van der Waals surface area (Å²) in [6.07, 6.45) is 0.635. The maximum atomic E-state index is 14.4. The van der Waals surface area contributed by atoms with Crippen molar-refractivity contribution in [3.8, 4) is 0 Å². The Kier molecular flexibility index (Phi) is 10.0. The number of aliphatic hydroxyl groups excluding tert-OH is 1. The van der Waals surface area contributed by atoms with Gasteiger partial charge in [0.2, 0.25) is 0 Å². The second-order valence-electron chi connectivity index (χ2n) is 11.4. The van der Waals surface area contributed by atoms with Crippen LogP contribution < -0.4 is 0 Å². The molecule has 0 saturated carbocycles. The van der Waals surface area contributed by atoms with Gasteiger partial charge in [0.15, 0.2) is 0 Å². The van der Waals surface area contributed by atoms with Gasteiger partial charge in [-0.05, 0) is 63.6 Å². The van der Waals surface area contributed by atoms with E-state index in [9.17, 15) is 23.5 Å². The van der Waals surface area contributed by atoms with E-state index in [4.69, 9.17) is 9.47 Å². The molecule has 0 amide bonds. The molecule has 0 saturated heterocycles. The fraction of sp³-hybridized carbons (Fsp3) is 0.533. The molecule has 0 aliphatic rings. The number of aliphatic hydroxyl groups is 1. The van der Waals surface area contributed by atoms with E-state index in [1.807, 2.05) is 42.5 Å². The number of aryl methyl sites for hydroxylation is 1. The highest BCUT2D eigenvalue weighted by Crippen LogP contribution is 2.43. The van der Waals surface area contributed by atoms with E-state index in [-0.39, 0.29) is 31.8 Å². The first-order valence-electron chi connectivity index (χ1n) is 12.6. The normalized spacial score (nSPS) is 14.1. The Morgan fingerprint density at radius 3 is 2.08 bits per heavy atom. The average Bonchev–Trinajstić information content (AvgIpc) is 2.84. The van der Waals surface area contributed by atoms with Crippen molar-refractivity contribution in [1.82, 2.24) is 0 Å². The third-order valence-electron chi connectivity index (χ3n) is 6.70. The topological polar surface area (TPSA) is 72.8 Å². The summed E-state index contributed by atoms with van der Waals surface area (Å²) in [6, 6.07) is 16.5. The summed E-state index contributed by atoms with van der Waals surface area (Å²) in [7, 11) is 0. The van der Waals surface area contributed by atoms with Gasteiger partial charge in [0.25, 0.3) is 5.92 Å². The molecule has 0 spiro atoms. The number of alkyl halides is 2. The highest BCUT2D eigenvalue weighted by molar-refractivity contribution is 5.83. The summed E-state index contributed by atoms with van der Waals surface area (Å²) in [5.74, 6) is -4.16. The minimum absolute atomic E-state index is 0.0281. The molecule has 2 rings (SSSR count). The second-order valence-corrected chi connectivity index (χ2v) is 11.4. The summed E-state index contributed by atoms with van der Waals surface area (Å²) in [5, 5.41) is 9.23. The molecule has 7 heteroatoms. The molecule has 204 valence electrons. The lowest BCUT2D eigenvalue weighted by Gasteiger charge is -2.36. The number of hydrogen-bond donors (Lipinski definition) is 1. The van der Waals surface area contributed by atoms with Crippen molar-refractivity contribution >= 4 is 11.9 Å². The lowest BCUT2D eigenvalue weighted by Crippen LogP contribution is -2.42. The highest BCUT2D eigenvalue weighted by atomic mass is 19.3. The summed E-state index contributed by atoms with van der Waals surface area (Å²) < 4.78 is 39.9. The van der Waals surface area contributed by atoms with Crippen LogP contribution >= 0.6 is 0 Å². The molecule has 0 aliphatic carbocycles. The number of carbonyl (C=O) groups excluding carboxylic acids is 2. The Morgan fingerprint density at radius 2 is 1.49 bits per heavy atom. The maximum Gasteiger partial charge on any atom is 0.316 e. The molecule has 5 nitrogen and oxygen atoms in total. The molecule has 1 unspecified atom stereocenters. The Bertz CT molecular complexity index is 1040. The van der Waals surface area contributed by atoms with Crippen molar-refractivity contribution in [3.05, 3.63) is 71.3 Å². The number of hydrogen-bond acceptors (Lipinski definition) is 5. The maximum absolute atomic E-state index is 14.4. The van der Waals surface area contributed by atoms with Crippen molar-refractivity contribution in [2.75, 3.05) is 6.61 Å². The molecular weight excluding hydrogens is 478 g/mol. The minimum atomic E-state index is -3.31. The van der Waals surface area contributed by atoms with Crippen LogP contribution in [0.15, 0.2) is 54.6 Å². The summed E-state index contributed by atoms with van der Waals surface area (Å²) in [6.45, 7) is 8.67. The van der Waals surface area contributed by atoms with E-state index in [2.05, 4.69) is 0 Å². The fourth-order valence-corrected chi connectivity index (χ4v) is 3.92. The number of rotatable bonds is 12. The van der Waals surface area contributed by atoms with Crippen LogP contribution in [0.25, 0.3) is 0 Å². The molecule has 0 aromatic heterocycles. The van der Waals surface area contributed by atoms with Crippen LogP contribution in [0, 0.1) is 5.41 Å². The first-order chi connectivity index (χ1) is 17.1. The van der Waals surface area contributed by atoms with Crippen LogP contribution in [-0.2, 0) is 37.5 Å². The lowest BCUT2D eigenvalue weighted by molar-refractivity contribution is -0.156. The largest absolute Gasteiger partial charge is 0.460 e. The van der Waals surface area contributed by atoms with Gasteiger partial charge >= 0.3 is 11.9 Å². The predicted molar refractivity (Wildman–Crippen MR) is 139 cm³/mol. The van der Waals surface area contributed by atoms with Gasteiger partial charge in [-0.25, -0.2) is 8.78 Å². The Morgan fingerprint density at radius 1 is 0.865 bits per heavy atom. The van der Waals surface area contributed by atoms with Crippen molar-refractivity contribution < 1.29 is 33.0 Å². The number of halogens is 2. The van der Waals surface area contributed by atoms with Gasteiger partial charge in [-0.2, -0.15) is 0 Å². The average molecular weight is 519 g/mol. The van der Waals surface area contributed by atoms with Gasteiger partial charge in [0.05, 0.1) is 5.41 Å². The van der Waals surface area contributed by atoms with Crippen LogP contribution in [0.3, 0.4) is 0 Å².